The van der Waals surface area contributed by atoms with Gasteiger partial charge in [0.1, 0.15) is 0 Å². The number of methoxy groups -OCH3 is 2. The van der Waals surface area contributed by atoms with Crippen molar-refractivity contribution in [1.82, 2.24) is 9.62 Å². The molecule has 1 N–H and O–H groups in total. The highest BCUT2D eigenvalue weighted by atomic mass is 32.2. The van der Waals surface area contributed by atoms with Crippen LogP contribution in [0.5, 0.6) is 0 Å². The predicted molar refractivity (Wildman–Crippen MR) is 63.2 cm³/mol. The molecule has 0 radical (unpaired) electrons. The normalized spacial score (nSPS) is 11.8. The van der Waals surface area contributed by atoms with Gasteiger partial charge in [0.25, 0.3) is 0 Å². The van der Waals surface area contributed by atoms with Crippen molar-refractivity contribution in [2.45, 2.75) is 0 Å². The molecule has 0 aromatic rings. The van der Waals surface area contributed by atoms with Crippen molar-refractivity contribution >= 4 is 15.9 Å². The molecule has 0 saturated heterocycles. The molecule has 0 aliphatic heterocycles. The molecule has 1 amide bonds. The monoisotopic (exact) mass is 268 g/mol. The maximum absolute atomic E-state index is 11.4. The second-order valence-corrected chi connectivity index (χ2v) is 5.41. The largest absolute Gasteiger partial charge is 0.383 e. The Balaban J connectivity index is 4.19. The molecular weight excluding hydrogens is 248 g/mol. The quantitative estimate of drug-likeness (QED) is 0.523. The Hall–Kier alpha value is -0.700. The number of ether oxygens (including phenoxy) is 2. The molecule has 0 rings (SSSR count). The molecule has 0 atom stereocenters. The second kappa shape index (κ2) is 8.40. The summed E-state index contributed by atoms with van der Waals surface area (Å²) in [7, 11) is -0.409. The molecule has 102 valence electrons. The molecule has 8 heteroatoms. The molecule has 17 heavy (non-hydrogen) atoms. The Morgan fingerprint density at radius 3 is 2.29 bits per heavy atom. The summed E-state index contributed by atoms with van der Waals surface area (Å²) < 4.78 is 33.4. The Kier molecular flexibility index (Phi) is 8.05. The predicted octanol–water partition coefficient (Wildman–Crippen LogP) is -1.34. The van der Waals surface area contributed by atoms with E-state index in [9.17, 15) is 13.2 Å². The van der Waals surface area contributed by atoms with Crippen molar-refractivity contribution in [3.05, 3.63) is 0 Å². The lowest BCUT2D eigenvalue weighted by Gasteiger charge is -2.18. The number of sulfonamides is 1. The van der Waals surface area contributed by atoms with Crippen LogP contribution in [0.1, 0.15) is 0 Å². The van der Waals surface area contributed by atoms with Crippen LogP contribution in [0.3, 0.4) is 0 Å². The molecule has 0 saturated carbocycles. The number of carbonyl (C=O) groups excluding carboxylic acids is 1. The summed E-state index contributed by atoms with van der Waals surface area (Å²) in [5, 5.41) is 2.55. The van der Waals surface area contributed by atoms with Gasteiger partial charge >= 0.3 is 0 Å². The first-order valence-electron chi connectivity index (χ1n) is 5.11. The van der Waals surface area contributed by atoms with Crippen LogP contribution in [0.4, 0.5) is 0 Å². The highest BCUT2D eigenvalue weighted by Crippen LogP contribution is 1.97. The van der Waals surface area contributed by atoms with E-state index in [0.717, 1.165) is 10.6 Å². The van der Waals surface area contributed by atoms with E-state index in [0.29, 0.717) is 13.2 Å². The molecule has 0 bridgehead atoms. The van der Waals surface area contributed by atoms with Gasteiger partial charge in [0, 0.05) is 27.3 Å². The number of carbonyl (C=O) groups is 1. The van der Waals surface area contributed by atoms with Gasteiger partial charge < -0.3 is 14.8 Å². The summed E-state index contributed by atoms with van der Waals surface area (Å²) >= 11 is 0. The zero-order chi connectivity index (χ0) is 13.3. The van der Waals surface area contributed by atoms with Crippen molar-refractivity contribution < 1.29 is 22.7 Å². The standard InChI is InChI=1S/C9H20N2O5S/c1-15-6-4-10-9(12)8-11(5-7-16-2)17(3,13)14/h4-8H2,1-3H3,(H,10,12). The van der Waals surface area contributed by atoms with Crippen molar-refractivity contribution in [2.75, 3.05) is 53.3 Å². The van der Waals surface area contributed by atoms with Crippen molar-refractivity contribution in [2.24, 2.45) is 0 Å². The SMILES string of the molecule is COCCNC(=O)CN(CCOC)S(C)(=O)=O. The van der Waals surface area contributed by atoms with Crippen LogP contribution in [0.25, 0.3) is 0 Å². The zero-order valence-corrected chi connectivity index (χ0v) is 11.2. The second-order valence-electron chi connectivity index (χ2n) is 3.43. The summed E-state index contributed by atoms with van der Waals surface area (Å²) in [5.41, 5.74) is 0. The van der Waals surface area contributed by atoms with E-state index in [2.05, 4.69) is 5.32 Å². The highest BCUT2D eigenvalue weighted by Gasteiger charge is 2.19. The molecule has 7 nitrogen and oxygen atoms in total. The first-order valence-corrected chi connectivity index (χ1v) is 6.96. The third-order valence-corrected chi connectivity index (χ3v) is 3.21. The summed E-state index contributed by atoms with van der Waals surface area (Å²) in [6.45, 7) is 0.956. The van der Waals surface area contributed by atoms with Gasteiger partial charge in [-0.1, -0.05) is 0 Å². The summed E-state index contributed by atoms with van der Waals surface area (Å²) in [6.07, 6.45) is 1.06. The molecular formula is C9H20N2O5S. The van der Waals surface area contributed by atoms with Gasteiger partial charge in [-0.05, 0) is 0 Å². The summed E-state index contributed by atoms with van der Waals surface area (Å²) in [5.74, 6) is -0.358. The van der Waals surface area contributed by atoms with Crippen LogP contribution in [-0.2, 0) is 24.3 Å². The van der Waals surface area contributed by atoms with Gasteiger partial charge in [0.05, 0.1) is 26.0 Å². The van der Waals surface area contributed by atoms with E-state index in [1.807, 2.05) is 0 Å². The molecule has 0 fully saturated rings. The molecule has 0 heterocycles. The third-order valence-electron chi connectivity index (χ3n) is 1.96. The lowest BCUT2D eigenvalue weighted by atomic mass is 10.5. The first-order chi connectivity index (χ1) is 7.91. The van der Waals surface area contributed by atoms with Crippen molar-refractivity contribution in [3.8, 4) is 0 Å². The number of hydrogen-bond donors (Lipinski definition) is 1. The number of nitrogens with zero attached hydrogens (tertiary/aromatic N) is 1. The maximum atomic E-state index is 11.4. The fourth-order valence-electron chi connectivity index (χ4n) is 1.06. The fraction of sp³-hybridized carbons (Fsp3) is 0.889. The third kappa shape index (κ3) is 8.08. The number of nitrogens with one attached hydrogen (secondary N) is 1. The lowest BCUT2D eigenvalue weighted by Crippen LogP contribution is -2.42. The maximum Gasteiger partial charge on any atom is 0.235 e. The molecule has 0 aromatic carbocycles. The molecule has 0 spiro atoms. The van der Waals surface area contributed by atoms with Crippen molar-refractivity contribution in [1.29, 1.82) is 0 Å². The van der Waals surface area contributed by atoms with E-state index < -0.39 is 10.0 Å². The summed E-state index contributed by atoms with van der Waals surface area (Å²) in [6, 6.07) is 0. The Labute approximate surface area is 102 Å². The van der Waals surface area contributed by atoms with Crippen LogP contribution in [0, 0.1) is 0 Å². The lowest BCUT2D eigenvalue weighted by molar-refractivity contribution is -0.121. The average Bonchev–Trinajstić information content (AvgIpc) is 2.23. The number of hydrogen-bond acceptors (Lipinski definition) is 5. The molecule has 0 aromatic heterocycles. The molecule has 0 unspecified atom stereocenters. The van der Waals surface area contributed by atoms with Crippen LogP contribution in [-0.4, -0.2) is 72.0 Å². The van der Waals surface area contributed by atoms with Crippen molar-refractivity contribution in [3.63, 3.8) is 0 Å². The first kappa shape index (κ1) is 16.3. The number of rotatable bonds is 9. The molecule has 0 aliphatic rings. The van der Waals surface area contributed by atoms with E-state index in [1.54, 1.807) is 0 Å². The minimum Gasteiger partial charge on any atom is -0.383 e. The fourth-order valence-corrected chi connectivity index (χ4v) is 1.82. The Morgan fingerprint density at radius 2 is 1.82 bits per heavy atom. The van der Waals surface area contributed by atoms with E-state index in [-0.39, 0.29) is 25.6 Å². The van der Waals surface area contributed by atoms with Gasteiger partial charge in [-0.15, -0.1) is 0 Å². The van der Waals surface area contributed by atoms with E-state index >= 15 is 0 Å². The van der Waals surface area contributed by atoms with Crippen LogP contribution in [0.2, 0.25) is 0 Å². The zero-order valence-electron chi connectivity index (χ0n) is 10.4. The van der Waals surface area contributed by atoms with Gasteiger partial charge in [-0.25, -0.2) is 8.42 Å². The van der Waals surface area contributed by atoms with E-state index in [1.165, 1.54) is 14.2 Å². The Morgan fingerprint density at radius 1 is 1.24 bits per heavy atom. The minimum absolute atomic E-state index is 0.160. The minimum atomic E-state index is -3.40. The topological polar surface area (TPSA) is 84.9 Å². The molecule has 0 aliphatic carbocycles. The average molecular weight is 268 g/mol. The van der Waals surface area contributed by atoms with E-state index in [4.69, 9.17) is 9.47 Å². The van der Waals surface area contributed by atoms with Gasteiger partial charge in [-0.2, -0.15) is 4.31 Å². The van der Waals surface area contributed by atoms with Gasteiger partial charge in [0.15, 0.2) is 0 Å². The number of amides is 1. The highest BCUT2D eigenvalue weighted by molar-refractivity contribution is 7.88. The van der Waals surface area contributed by atoms with Crippen LogP contribution in [0.15, 0.2) is 0 Å². The Bertz CT molecular complexity index is 317. The van der Waals surface area contributed by atoms with Gasteiger partial charge in [-0.3, -0.25) is 4.79 Å². The van der Waals surface area contributed by atoms with Crippen LogP contribution >= 0.6 is 0 Å². The van der Waals surface area contributed by atoms with Gasteiger partial charge in [0.2, 0.25) is 15.9 Å². The summed E-state index contributed by atoms with van der Waals surface area (Å²) in [4.78, 5) is 11.4. The van der Waals surface area contributed by atoms with Crippen LogP contribution < -0.4 is 5.32 Å². The smallest absolute Gasteiger partial charge is 0.235 e.